The molecule has 0 aliphatic heterocycles. The maximum atomic E-state index is 12.1. The number of ether oxygens (including phenoxy) is 1. The molecule has 0 fully saturated rings. The second-order valence-corrected chi connectivity index (χ2v) is 3.39. The summed E-state index contributed by atoms with van der Waals surface area (Å²) in [6.07, 6.45) is -5.98. The minimum atomic E-state index is -4.78. The van der Waals surface area contributed by atoms with Crippen molar-refractivity contribution in [1.29, 1.82) is 0 Å². The quantitative estimate of drug-likeness (QED) is 0.842. The molecule has 3 N–H and O–H groups in total. The molecule has 0 saturated carbocycles. The highest BCUT2D eigenvalue weighted by Crippen LogP contribution is 2.30. The standard InChI is InChI=1S/C10H12F3NO2/c1-6(14)9(15)7-4-2-3-5-8(7)16-10(11,12)13/h2-6,9,15H,14H2,1H3/t6-,9-/m0/s1. The summed E-state index contributed by atoms with van der Waals surface area (Å²) >= 11 is 0. The molecule has 0 aliphatic carbocycles. The predicted molar refractivity (Wildman–Crippen MR) is 51.7 cm³/mol. The van der Waals surface area contributed by atoms with Crippen molar-refractivity contribution < 1.29 is 23.0 Å². The molecular weight excluding hydrogens is 223 g/mol. The Balaban J connectivity index is 3.01. The summed E-state index contributed by atoms with van der Waals surface area (Å²) in [4.78, 5) is 0. The normalized spacial score (nSPS) is 15.6. The van der Waals surface area contributed by atoms with Crippen molar-refractivity contribution >= 4 is 0 Å². The lowest BCUT2D eigenvalue weighted by atomic mass is 10.0. The summed E-state index contributed by atoms with van der Waals surface area (Å²) in [6.45, 7) is 1.50. The van der Waals surface area contributed by atoms with Gasteiger partial charge in [-0.25, -0.2) is 0 Å². The molecule has 0 radical (unpaired) electrons. The average molecular weight is 235 g/mol. The van der Waals surface area contributed by atoms with E-state index in [1.807, 2.05) is 0 Å². The van der Waals surface area contributed by atoms with Gasteiger partial charge in [0, 0.05) is 11.6 Å². The summed E-state index contributed by atoms with van der Waals surface area (Å²) in [5.74, 6) is -0.431. The van der Waals surface area contributed by atoms with Crippen LogP contribution in [-0.4, -0.2) is 17.5 Å². The lowest BCUT2D eigenvalue weighted by molar-refractivity contribution is -0.275. The van der Waals surface area contributed by atoms with Crippen molar-refractivity contribution in [3.63, 3.8) is 0 Å². The monoisotopic (exact) mass is 235 g/mol. The Morgan fingerprint density at radius 2 is 1.88 bits per heavy atom. The van der Waals surface area contributed by atoms with Gasteiger partial charge in [-0.1, -0.05) is 18.2 Å². The minimum absolute atomic E-state index is 0.0230. The van der Waals surface area contributed by atoms with Crippen LogP contribution in [0.15, 0.2) is 24.3 Å². The van der Waals surface area contributed by atoms with Crippen LogP contribution in [0.4, 0.5) is 13.2 Å². The van der Waals surface area contributed by atoms with Crippen molar-refractivity contribution in [2.45, 2.75) is 25.4 Å². The van der Waals surface area contributed by atoms with E-state index in [0.717, 1.165) is 6.07 Å². The number of rotatable bonds is 3. The third-order valence-electron chi connectivity index (χ3n) is 1.96. The number of alkyl halides is 3. The number of halogens is 3. The van der Waals surface area contributed by atoms with Crippen molar-refractivity contribution in [3.8, 4) is 5.75 Å². The van der Waals surface area contributed by atoms with Crippen LogP contribution in [0.3, 0.4) is 0 Å². The van der Waals surface area contributed by atoms with Crippen LogP contribution in [0.5, 0.6) is 5.75 Å². The number of aliphatic hydroxyl groups excluding tert-OH is 1. The first-order chi connectivity index (χ1) is 7.31. The van der Waals surface area contributed by atoms with E-state index in [2.05, 4.69) is 4.74 Å². The molecule has 0 spiro atoms. The molecule has 0 heterocycles. The summed E-state index contributed by atoms with van der Waals surface area (Å²) < 4.78 is 39.9. The molecule has 6 heteroatoms. The topological polar surface area (TPSA) is 55.5 Å². The van der Waals surface area contributed by atoms with E-state index in [-0.39, 0.29) is 5.56 Å². The second-order valence-electron chi connectivity index (χ2n) is 3.39. The van der Waals surface area contributed by atoms with Crippen LogP contribution >= 0.6 is 0 Å². The Morgan fingerprint density at radius 3 is 2.38 bits per heavy atom. The molecule has 0 bridgehead atoms. The lowest BCUT2D eigenvalue weighted by Crippen LogP contribution is -2.26. The van der Waals surface area contributed by atoms with Gasteiger partial charge in [0.15, 0.2) is 0 Å². The highest BCUT2D eigenvalue weighted by atomic mass is 19.4. The van der Waals surface area contributed by atoms with Crippen LogP contribution in [0.1, 0.15) is 18.6 Å². The van der Waals surface area contributed by atoms with Gasteiger partial charge in [0.25, 0.3) is 0 Å². The van der Waals surface area contributed by atoms with Gasteiger partial charge >= 0.3 is 6.36 Å². The van der Waals surface area contributed by atoms with Crippen molar-refractivity contribution in [2.75, 3.05) is 0 Å². The van der Waals surface area contributed by atoms with Crippen LogP contribution in [0.25, 0.3) is 0 Å². The smallest absolute Gasteiger partial charge is 0.405 e. The molecule has 16 heavy (non-hydrogen) atoms. The van der Waals surface area contributed by atoms with E-state index in [4.69, 9.17) is 5.73 Å². The van der Waals surface area contributed by atoms with E-state index in [9.17, 15) is 18.3 Å². The summed E-state index contributed by atoms with van der Waals surface area (Å²) in [5, 5.41) is 9.60. The van der Waals surface area contributed by atoms with Crippen LogP contribution in [0.2, 0.25) is 0 Å². The van der Waals surface area contributed by atoms with Crippen molar-refractivity contribution in [2.24, 2.45) is 5.73 Å². The molecule has 2 atom stereocenters. The van der Waals surface area contributed by atoms with E-state index in [1.54, 1.807) is 0 Å². The third-order valence-corrected chi connectivity index (χ3v) is 1.96. The Kier molecular flexibility index (Phi) is 3.77. The van der Waals surface area contributed by atoms with Crippen molar-refractivity contribution in [1.82, 2.24) is 0 Å². The van der Waals surface area contributed by atoms with Crippen LogP contribution < -0.4 is 10.5 Å². The highest BCUT2D eigenvalue weighted by Gasteiger charge is 2.33. The fourth-order valence-corrected chi connectivity index (χ4v) is 1.23. The molecule has 0 aliphatic rings. The van der Waals surface area contributed by atoms with E-state index >= 15 is 0 Å². The Labute approximate surface area is 90.6 Å². The number of para-hydroxylation sites is 1. The highest BCUT2D eigenvalue weighted by molar-refractivity contribution is 5.35. The third kappa shape index (κ3) is 3.39. The SMILES string of the molecule is C[C@H](N)[C@H](O)c1ccccc1OC(F)(F)F. The maximum absolute atomic E-state index is 12.1. The van der Waals surface area contributed by atoms with Crippen LogP contribution in [0, 0.1) is 0 Å². The second kappa shape index (κ2) is 4.71. The summed E-state index contributed by atoms with van der Waals surface area (Å²) in [6, 6.07) is 4.68. The lowest BCUT2D eigenvalue weighted by Gasteiger charge is -2.19. The molecule has 1 aromatic rings. The van der Waals surface area contributed by atoms with Crippen molar-refractivity contribution in [3.05, 3.63) is 29.8 Å². The number of hydrogen-bond donors (Lipinski definition) is 2. The molecule has 1 aromatic carbocycles. The maximum Gasteiger partial charge on any atom is 0.573 e. The van der Waals surface area contributed by atoms with E-state index in [0.29, 0.717) is 0 Å². The molecule has 0 amide bonds. The van der Waals surface area contributed by atoms with Gasteiger partial charge < -0.3 is 15.6 Å². The summed E-state index contributed by atoms with van der Waals surface area (Å²) in [5.41, 5.74) is 5.44. The Hall–Kier alpha value is -1.27. The molecule has 1 rings (SSSR count). The molecule has 90 valence electrons. The zero-order chi connectivity index (χ0) is 12.3. The first-order valence-corrected chi connectivity index (χ1v) is 4.59. The number of benzene rings is 1. The Morgan fingerprint density at radius 1 is 1.31 bits per heavy atom. The van der Waals surface area contributed by atoms with Gasteiger partial charge in [-0.3, -0.25) is 0 Å². The zero-order valence-corrected chi connectivity index (χ0v) is 8.53. The molecule has 0 aromatic heterocycles. The van der Waals surface area contributed by atoms with Gasteiger partial charge in [-0.2, -0.15) is 0 Å². The molecule has 0 saturated heterocycles. The number of aliphatic hydroxyl groups is 1. The zero-order valence-electron chi connectivity index (χ0n) is 8.53. The van der Waals surface area contributed by atoms with Gasteiger partial charge in [-0.05, 0) is 13.0 Å². The molecule has 0 unspecified atom stereocenters. The van der Waals surface area contributed by atoms with Gasteiger partial charge in [0.05, 0.1) is 6.10 Å². The van der Waals surface area contributed by atoms with Gasteiger partial charge in [-0.15, -0.1) is 13.2 Å². The first-order valence-electron chi connectivity index (χ1n) is 4.59. The van der Waals surface area contributed by atoms with E-state index in [1.165, 1.54) is 25.1 Å². The largest absolute Gasteiger partial charge is 0.573 e. The van der Waals surface area contributed by atoms with E-state index < -0.39 is 24.3 Å². The fraction of sp³-hybridized carbons (Fsp3) is 0.400. The molecular formula is C10H12F3NO2. The summed E-state index contributed by atoms with van der Waals surface area (Å²) in [7, 11) is 0. The first kappa shape index (κ1) is 12.8. The Bertz CT molecular complexity index is 352. The van der Waals surface area contributed by atoms with Gasteiger partial charge in [0.2, 0.25) is 0 Å². The number of hydrogen-bond acceptors (Lipinski definition) is 3. The van der Waals surface area contributed by atoms with Gasteiger partial charge in [0.1, 0.15) is 5.75 Å². The molecule has 3 nitrogen and oxygen atoms in total. The van der Waals surface area contributed by atoms with Crippen LogP contribution in [-0.2, 0) is 0 Å². The fourth-order valence-electron chi connectivity index (χ4n) is 1.23. The predicted octanol–water partition coefficient (Wildman–Crippen LogP) is 1.97. The minimum Gasteiger partial charge on any atom is -0.405 e. The average Bonchev–Trinajstić information content (AvgIpc) is 2.15. The number of nitrogens with two attached hydrogens (primary N) is 1.